The first-order valence-corrected chi connectivity index (χ1v) is 10.1. The highest BCUT2D eigenvalue weighted by molar-refractivity contribution is 7.90. The van der Waals surface area contributed by atoms with Crippen molar-refractivity contribution in [2.45, 2.75) is 4.90 Å². The van der Waals surface area contributed by atoms with Gasteiger partial charge in [0.15, 0.2) is 15.6 Å². The van der Waals surface area contributed by atoms with E-state index in [-0.39, 0.29) is 41.4 Å². The summed E-state index contributed by atoms with van der Waals surface area (Å²) in [4.78, 5) is 12.1. The first-order chi connectivity index (χ1) is 11.5. The molecule has 25 heavy (non-hydrogen) atoms. The van der Waals surface area contributed by atoms with E-state index in [0.717, 1.165) is 6.26 Å². The normalized spacial score (nSPS) is 11.3. The van der Waals surface area contributed by atoms with Gasteiger partial charge in [-0.1, -0.05) is 58.0 Å². The quantitative estimate of drug-likeness (QED) is 0.450. The molecule has 2 aromatic carbocycles. The molecule has 11 heteroatoms. The van der Waals surface area contributed by atoms with Crippen LogP contribution in [0.1, 0.15) is 0 Å². The number of benzene rings is 2. The zero-order valence-electron chi connectivity index (χ0n) is 12.2. The maximum atomic E-state index is 12.0. The van der Waals surface area contributed by atoms with Gasteiger partial charge in [-0.25, -0.2) is 13.2 Å². The lowest BCUT2D eigenvalue weighted by Crippen LogP contribution is -2.17. The third kappa shape index (κ3) is 4.64. The second-order valence-electron chi connectivity index (χ2n) is 4.71. The summed E-state index contributed by atoms with van der Waals surface area (Å²) >= 11 is 29.5. The zero-order valence-corrected chi connectivity index (χ0v) is 16.8. The highest BCUT2D eigenvalue weighted by atomic mass is 35.5. The molecule has 0 fully saturated rings. The van der Waals surface area contributed by atoms with E-state index in [4.69, 9.17) is 62.7 Å². The molecule has 2 rings (SSSR count). The molecule has 0 radical (unpaired) electrons. The van der Waals surface area contributed by atoms with Gasteiger partial charge in [0.2, 0.25) is 0 Å². The van der Waals surface area contributed by atoms with Crippen LogP contribution < -0.4 is 10.1 Å². The SMILES string of the molecule is CS(=O)(=O)c1ccc(NC(=O)Oc2c(Cl)c(Cl)c(Cl)c(Cl)c2Cl)cc1. The topological polar surface area (TPSA) is 72.5 Å². The van der Waals surface area contributed by atoms with Crippen molar-refractivity contribution < 1.29 is 17.9 Å². The molecule has 0 aromatic heterocycles. The third-order valence-corrected chi connectivity index (χ3v) is 6.26. The highest BCUT2D eigenvalue weighted by Crippen LogP contribution is 2.48. The maximum Gasteiger partial charge on any atom is 0.417 e. The summed E-state index contributed by atoms with van der Waals surface area (Å²) in [7, 11) is -3.34. The number of anilines is 1. The van der Waals surface area contributed by atoms with Gasteiger partial charge < -0.3 is 4.74 Å². The number of rotatable bonds is 3. The first kappa shape index (κ1) is 20.4. The predicted molar refractivity (Wildman–Crippen MR) is 101 cm³/mol. The molecule has 0 heterocycles. The number of hydrogen-bond acceptors (Lipinski definition) is 4. The minimum Gasteiger partial charge on any atom is -0.407 e. The molecule has 1 N–H and O–H groups in total. The van der Waals surface area contributed by atoms with Crippen LogP contribution in [0.15, 0.2) is 29.2 Å². The lowest BCUT2D eigenvalue weighted by molar-refractivity contribution is 0.215. The van der Waals surface area contributed by atoms with Gasteiger partial charge in [-0.3, -0.25) is 5.32 Å². The fraction of sp³-hybridized carbons (Fsp3) is 0.0714. The number of carbonyl (C=O) groups is 1. The number of halogens is 5. The smallest absolute Gasteiger partial charge is 0.407 e. The molecule has 1 amide bonds. The second-order valence-corrected chi connectivity index (χ2v) is 8.62. The molecule has 0 spiro atoms. The molecule has 0 unspecified atom stereocenters. The molecule has 0 bridgehead atoms. The van der Waals surface area contributed by atoms with Gasteiger partial charge in [0, 0.05) is 11.9 Å². The van der Waals surface area contributed by atoms with Crippen molar-refractivity contribution in [2.75, 3.05) is 11.6 Å². The number of ether oxygens (including phenoxy) is 1. The molecule has 0 aliphatic heterocycles. The Morgan fingerprint density at radius 2 is 1.32 bits per heavy atom. The Hall–Kier alpha value is -0.890. The van der Waals surface area contributed by atoms with Crippen LogP contribution in [0.5, 0.6) is 5.75 Å². The van der Waals surface area contributed by atoms with E-state index in [1.54, 1.807) is 0 Å². The lowest BCUT2D eigenvalue weighted by atomic mass is 10.3. The number of nitrogens with one attached hydrogen (secondary N) is 1. The Labute approximate surface area is 168 Å². The van der Waals surface area contributed by atoms with Gasteiger partial charge in [-0.15, -0.1) is 0 Å². The minimum absolute atomic E-state index is 0.0672. The van der Waals surface area contributed by atoms with E-state index in [0.29, 0.717) is 0 Å². The average Bonchev–Trinajstić information content (AvgIpc) is 2.55. The molecule has 5 nitrogen and oxygen atoms in total. The molecule has 134 valence electrons. The van der Waals surface area contributed by atoms with Crippen LogP contribution in [0.3, 0.4) is 0 Å². The molecule has 0 saturated heterocycles. The zero-order chi connectivity index (χ0) is 18.9. The van der Waals surface area contributed by atoms with E-state index in [1.165, 1.54) is 24.3 Å². The summed E-state index contributed by atoms with van der Waals surface area (Å²) in [6.45, 7) is 0. The van der Waals surface area contributed by atoms with Crippen molar-refractivity contribution in [2.24, 2.45) is 0 Å². The van der Waals surface area contributed by atoms with Crippen LogP contribution in [0, 0.1) is 0 Å². The Balaban J connectivity index is 2.22. The number of carbonyl (C=O) groups excluding carboxylic acids is 1. The van der Waals surface area contributed by atoms with Gasteiger partial charge in [0.05, 0.1) is 20.0 Å². The van der Waals surface area contributed by atoms with E-state index in [2.05, 4.69) is 5.32 Å². The van der Waals surface area contributed by atoms with Crippen LogP contribution in [-0.4, -0.2) is 20.8 Å². The van der Waals surface area contributed by atoms with Gasteiger partial charge in [-0.2, -0.15) is 0 Å². The van der Waals surface area contributed by atoms with E-state index >= 15 is 0 Å². The Morgan fingerprint density at radius 3 is 1.76 bits per heavy atom. The largest absolute Gasteiger partial charge is 0.417 e. The summed E-state index contributed by atoms with van der Waals surface area (Å²) in [6, 6.07) is 5.45. The molecule has 0 aliphatic rings. The summed E-state index contributed by atoms with van der Waals surface area (Å²) in [5.74, 6) is -0.256. The van der Waals surface area contributed by atoms with Gasteiger partial charge >= 0.3 is 6.09 Å². The molecular weight excluding hydrogens is 455 g/mol. The van der Waals surface area contributed by atoms with Gasteiger partial charge in [-0.05, 0) is 24.3 Å². The standard InChI is InChI=1S/C14H8Cl5NO4S/c1-25(22,23)7-4-2-6(3-5-7)20-14(21)24-13-11(18)9(16)8(15)10(17)12(13)19/h2-5H,1H3,(H,20,21). The Morgan fingerprint density at radius 1 is 0.880 bits per heavy atom. The van der Waals surface area contributed by atoms with E-state index < -0.39 is 15.9 Å². The lowest BCUT2D eigenvalue weighted by Gasteiger charge is -2.13. The number of sulfone groups is 1. The van der Waals surface area contributed by atoms with Crippen LogP contribution >= 0.6 is 58.0 Å². The molecule has 0 saturated carbocycles. The molecule has 0 atom stereocenters. The third-order valence-electron chi connectivity index (χ3n) is 2.89. The number of amides is 1. The monoisotopic (exact) mass is 461 g/mol. The minimum atomic E-state index is -3.34. The fourth-order valence-electron chi connectivity index (χ4n) is 1.70. The van der Waals surface area contributed by atoms with Crippen molar-refractivity contribution in [1.82, 2.24) is 0 Å². The summed E-state index contributed by atoms with van der Waals surface area (Å²) < 4.78 is 27.8. The van der Waals surface area contributed by atoms with Crippen molar-refractivity contribution in [1.29, 1.82) is 0 Å². The van der Waals surface area contributed by atoms with Crippen molar-refractivity contribution >= 4 is 79.6 Å². The van der Waals surface area contributed by atoms with E-state index in [9.17, 15) is 13.2 Å². The first-order valence-electron chi connectivity index (χ1n) is 6.32. The Kier molecular flexibility index (Phi) is 6.35. The number of hydrogen-bond donors (Lipinski definition) is 1. The second kappa shape index (κ2) is 7.78. The van der Waals surface area contributed by atoms with Crippen LogP contribution in [0.25, 0.3) is 0 Å². The van der Waals surface area contributed by atoms with Crippen LogP contribution in [0.4, 0.5) is 10.5 Å². The fourth-order valence-corrected chi connectivity index (χ4v) is 3.52. The molecule has 2 aromatic rings. The average molecular weight is 464 g/mol. The van der Waals surface area contributed by atoms with Crippen molar-refractivity contribution in [3.05, 3.63) is 49.4 Å². The van der Waals surface area contributed by atoms with Gasteiger partial charge in [0.25, 0.3) is 0 Å². The molecule has 0 aliphatic carbocycles. The van der Waals surface area contributed by atoms with Crippen LogP contribution in [-0.2, 0) is 9.84 Å². The maximum absolute atomic E-state index is 12.0. The van der Waals surface area contributed by atoms with Crippen molar-refractivity contribution in [3.8, 4) is 5.75 Å². The Bertz CT molecular complexity index is 916. The van der Waals surface area contributed by atoms with Crippen molar-refractivity contribution in [3.63, 3.8) is 0 Å². The summed E-state index contributed by atoms with van der Waals surface area (Å²) in [5.41, 5.74) is 0.288. The molecular formula is C14H8Cl5NO4S. The predicted octanol–water partition coefficient (Wildman–Crippen LogP) is 5.97. The summed E-state index contributed by atoms with van der Waals surface area (Å²) in [5, 5.41) is 1.74. The van der Waals surface area contributed by atoms with Crippen LogP contribution in [0.2, 0.25) is 25.1 Å². The van der Waals surface area contributed by atoms with E-state index in [1.807, 2.05) is 0 Å². The highest BCUT2D eigenvalue weighted by Gasteiger charge is 2.22. The summed E-state index contributed by atoms with van der Waals surface area (Å²) in [6.07, 6.45) is 0.132. The van der Waals surface area contributed by atoms with Gasteiger partial charge in [0.1, 0.15) is 10.0 Å².